The molecule has 112 valence electrons. The number of likely N-dealkylation sites (tertiary alicyclic amines) is 1. The highest BCUT2D eigenvalue weighted by molar-refractivity contribution is 7.12. The third-order valence-electron chi connectivity index (χ3n) is 4.23. The number of aromatic nitrogens is 2. The van der Waals surface area contributed by atoms with Crippen LogP contribution in [0.25, 0.3) is 11.0 Å². The van der Waals surface area contributed by atoms with Crippen molar-refractivity contribution in [1.29, 1.82) is 0 Å². The average Bonchev–Trinajstić information content (AvgIpc) is 3.23. The van der Waals surface area contributed by atoms with Gasteiger partial charge in [0.15, 0.2) is 0 Å². The van der Waals surface area contributed by atoms with Crippen LogP contribution in [0.1, 0.15) is 34.3 Å². The Balaban J connectivity index is 1.56. The number of rotatable bonds is 2. The number of nitrogens with one attached hydrogen (secondary N) is 1. The van der Waals surface area contributed by atoms with Crippen LogP contribution < -0.4 is 0 Å². The van der Waals surface area contributed by atoms with E-state index in [-0.39, 0.29) is 5.91 Å². The Kier molecular flexibility index (Phi) is 3.42. The third-order valence-corrected chi connectivity index (χ3v) is 5.09. The monoisotopic (exact) mass is 311 g/mol. The molecule has 2 aromatic heterocycles. The minimum Gasteiger partial charge on any atom is -0.342 e. The van der Waals surface area contributed by atoms with Crippen molar-refractivity contribution < 1.29 is 4.79 Å². The van der Waals surface area contributed by atoms with Crippen LogP contribution >= 0.6 is 11.3 Å². The van der Waals surface area contributed by atoms with E-state index in [2.05, 4.69) is 4.98 Å². The van der Waals surface area contributed by atoms with E-state index in [0.29, 0.717) is 5.92 Å². The summed E-state index contributed by atoms with van der Waals surface area (Å²) in [5.74, 6) is 1.45. The quantitative estimate of drug-likeness (QED) is 0.785. The van der Waals surface area contributed by atoms with Crippen LogP contribution in [0.2, 0.25) is 0 Å². The number of carbonyl (C=O) groups excluding carboxylic acids is 1. The molecule has 4 rings (SSSR count). The number of benzene rings is 1. The summed E-state index contributed by atoms with van der Waals surface area (Å²) in [5, 5.41) is 1.95. The van der Waals surface area contributed by atoms with Gasteiger partial charge in [0.1, 0.15) is 5.82 Å². The maximum Gasteiger partial charge on any atom is 0.263 e. The number of hydrogen-bond donors (Lipinski definition) is 1. The van der Waals surface area contributed by atoms with Crippen LogP contribution in [0.4, 0.5) is 0 Å². The smallest absolute Gasteiger partial charge is 0.263 e. The highest BCUT2D eigenvalue weighted by atomic mass is 32.1. The number of thiophene rings is 1. The molecule has 0 spiro atoms. The highest BCUT2D eigenvalue weighted by Crippen LogP contribution is 2.28. The Hall–Kier alpha value is -2.14. The lowest BCUT2D eigenvalue weighted by Crippen LogP contribution is -2.39. The molecular formula is C17H17N3OS. The molecule has 0 unspecified atom stereocenters. The van der Waals surface area contributed by atoms with Gasteiger partial charge < -0.3 is 9.88 Å². The van der Waals surface area contributed by atoms with Crippen molar-refractivity contribution in [1.82, 2.24) is 14.9 Å². The molecule has 0 aliphatic carbocycles. The van der Waals surface area contributed by atoms with Gasteiger partial charge in [0, 0.05) is 19.0 Å². The number of amides is 1. The van der Waals surface area contributed by atoms with E-state index in [0.717, 1.165) is 47.7 Å². The van der Waals surface area contributed by atoms with Gasteiger partial charge in [0.2, 0.25) is 0 Å². The SMILES string of the molecule is O=C(c1cccs1)N1CCC[C@H](c2nc3ccccc3[nH]2)C1. The minimum atomic E-state index is 0.149. The van der Waals surface area contributed by atoms with Crippen molar-refractivity contribution in [2.75, 3.05) is 13.1 Å². The first-order chi connectivity index (χ1) is 10.8. The second-order valence-corrected chi connectivity index (χ2v) is 6.65. The topological polar surface area (TPSA) is 49.0 Å². The van der Waals surface area contributed by atoms with Gasteiger partial charge in [-0.25, -0.2) is 4.98 Å². The molecule has 0 radical (unpaired) electrons. The number of carbonyl (C=O) groups is 1. The summed E-state index contributed by atoms with van der Waals surface area (Å²) in [6, 6.07) is 11.9. The molecule has 1 amide bonds. The van der Waals surface area contributed by atoms with Gasteiger partial charge in [-0.15, -0.1) is 11.3 Å². The predicted molar refractivity (Wildman–Crippen MR) is 88.3 cm³/mol. The van der Waals surface area contributed by atoms with Gasteiger partial charge >= 0.3 is 0 Å². The molecule has 1 N–H and O–H groups in total. The molecule has 22 heavy (non-hydrogen) atoms. The molecule has 3 aromatic rings. The summed E-state index contributed by atoms with van der Waals surface area (Å²) < 4.78 is 0. The Morgan fingerprint density at radius 1 is 1.27 bits per heavy atom. The van der Waals surface area contributed by atoms with Crippen molar-refractivity contribution in [3.8, 4) is 0 Å². The lowest BCUT2D eigenvalue weighted by molar-refractivity contribution is 0.0710. The largest absolute Gasteiger partial charge is 0.342 e. The lowest BCUT2D eigenvalue weighted by atomic mass is 9.97. The van der Waals surface area contributed by atoms with E-state index in [1.807, 2.05) is 46.7 Å². The third kappa shape index (κ3) is 2.41. The first kappa shape index (κ1) is 13.5. The fourth-order valence-electron chi connectivity index (χ4n) is 3.11. The molecule has 1 atom stereocenters. The zero-order valence-electron chi connectivity index (χ0n) is 12.2. The Morgan fingerprint density at radius 2 is 2.18 bits per heavy atom. The predicted octanol–water partition coefficient (Wildman–Crippen LogP) is 3.64. The summed E-state index contributed by atoms with van der Waals surface area (Å²) in [6.07, 6.45) is 2.10. The first-order valence-corrected chi connectivity index (χ1v) is 8.46. The summed E-state index contributed by atoms with van der Waals surface area (Å²) in [7, 11) is 0. The Bertz CT molecular complexity index is 760. The van der Waals surface area contributed by atoms with Gasteiger partial charge in [0.05, 0.1) is 15.9 Å². The van der Waals surface area contributed by atoms with Crippen molar-refractivity contribution in [3.05, 3.63) is 52.5 Å². The highest BCUT2D eigenvalue weighted by Gasteiger charge is 2.27. The normalized spacial score (nSPS) is 18.7. The van der Waals surface area contributed by atoms with Gasteiger partial charge in [-0.05, 0) is 36.4 Å². The fourth-order valence-corrected chi connectivity index (χ4v) is 3.80. The molecule has 1 aromatic carbocycles. The zero-order valence-corrected chi connectivity index (χ0v) is 13.0. The molecule has 3 heterocycles. The minimum absolute atomic E-state index is 0.149. The number of nitrogens with zero attached hydrogens (tertiary/aromatic N) is 2. The number of para-hydroxylation sites is 2. The molecule has 0 bridgehead atoms. The molecular weight excluding hydrogens is 294 g/mol. The van der Waals surface area contributed by atoms with Crippen molar-refractivity contribution in [2.45, 2.75) is 18.8 Å². The van der Waals surface area contributed by atoms with Crippen molar-refractivity contribution in [3.63, 3.8) is 0 Å². The van der Waals surface area contributed by atoms with E-state index in [9.17, 15) is 4.79 Å². The van der Waals surface area contributed by atoms with E-state index >= 15 is 0 Å². The second kappa shape index (κ2) is 5.57. The summed E-state index contributed by atoms with van der Waals surface area (Å²) in [5.41, 5.74) is 2.07. The fraction of sp³-hybridized carbons (Fsp3) is 0.294. The van der Waals surface area contributed by atoms with E-state index in [1.54, 1.807) is 0 Å². The molecule has 1 fully saturated rings. The number of imidazole rings is 1. The number of aromatic amines is 1. The van der Waals surface area contributed by atoms with Gasteiger partial charge in [-0.3, -0.25) is 4.79 Å². The molecule has 4 nitrogen and oxygen atoms in total. The molecule has 0 saturated carbocycles. The second-order valence-electron chi connectivity index (χ2n) is 5.71. The maximum absolute atomic E-state index is 12.5. The summed E-state index contributed by atoms with van der Waals surface area (Å²) in [6.45, 7) is 1.59. The summed E-state index contributed by atoms with van der Waals surface area (Å²) in [4.78, 5) is 23.4. The number of piperidine rings is 1. The number of H-pyrrole nitrogens is 1. The summed E-state index contributed by atoms with van der Waals surface area (Å²) >= 11 is 1.51. The van der Waals surface area contributed by atoms with Gasteiger partial charge in [-0.1, -0.05) is 18.2 Å². The Morgan fingerprint density at radius 3 is 3.00 bits per heavy atom. The van der Waals surface area contributed by atoms with Crippen LogP contribution in [0.5, 0.6) is 0 Å². The van der Waals surface area contributed by atoms with E-state index in [1.165, 1.54) is 11.3 Å². The van der Waals surface area contributed by atoms with E-state index < -0.39 is 0 Å². The van der Waals surface area contributed by atoms with Crippen LogP contribution in [0, 0.1) is 0 Å². The first-order valence-electron chi connectivity index (χ1n) is 7.59. The lowest BCUT2D eigenvalue weighted by Gasteiger charge is -2.31. The molecule has 1 saturated heterocycles. The molecule has 1 aliphatic rings. The van der Waals surface area contributed by atoms with Crippen LogP contribution in [-0.2, 0) is 0 Å². The Labute approximate surface area is 132 Å². The standard InChI is InChI=1S/C17H17N3OS/c21-17(15-8-4-10-22-15)20-9-3-5-12(11-20)16-18-13-6-1-2-7-14(13)19-16/h1-2,4,6-8,10,12H,3,5,9,11H2,(H,18,19)/t12-/m0/s1. The van der Waals surface area contributed by atoms with Crippen molar-refractivity contribution in [2.24, 2.45) is 0 Å². The van der Waals surface area contributed by atoms with Gasteiger partial charge in [0.25, 0.3) is 5.91 Å². The van der Waals surface area contributed by atoms with E-state index in [4.69, 9.17) is 4.98 Å². The average molecular weight is 311 g/mol. The van der Waals surface area contributed by atoms with Crippen LogP contribution in [0.3, 0.4) is 0 Å². The molecule has 1 aliphatic heterocycles. The van der Waals surface area contributed by atoms with Crippen molar-refractivity contribution >= 4 is 28.3 Å². The molecule has 5 heteroatoms. The van der Waals surface area contributed by atoms with Crippen LogP contribution in [-0.4, -0.2) is 33.9 Å². The zero-order chi connectivity index (χ0) is 14.9. The van der Waals surface area contributed by atoms with Crippen LogP contribution in [0.15, 0.2) is 41.8 Å². The van der Waals surface area contributed by atoms with Gasteiger partial charge in [-0.2, -0.15) is 0 Å². The maximum atomic E-state index is 12.5. The number of hydrogen-bond acceptors (Lipinski definition) is 3. The number of fused-ring (bicyclic) bond motifs is 1.